The first-order chi connectivity index (χ1) is 13.9. The van der Waals surface area contributed by atoms with Crippen molar-refractivity contribution in [2.75, 3.05) is 12.4 Å². The van der Waals surface area contributed by atoms with Crippen LogP contribution in [-0.4, -0.2) is 27.5 Å². The van der Waals surface area contributed by atoms with E-state index in [4.69, 9.17) is 4.74 Å². The highest BCUT2D eigenvalue weighted by molar-refractivity contribution is 5.91. The molecule has 0 aliphatic heterocycles. The number of carbonyl (C=O) groups excluding carboxylic acids is 1. The average molecular weight is 394 g/mol. The summed E-state index contributed by atoms with van der Waals surface area (Å²) in [4.78, 5) is 39.3. The first-order valence-corrected chi connectivity index (χ1v) is 8.64. The highest BCUT2D eigenvalue weighted by Crippen LogP contribution is 2.26. The van der Waals surface area contributed by atoms with E-state index >= 15 is 0 Å². The van der Waals surface area contributed by atoms with Gasteiger partial charge in [-0.15, -0.1) is 0 Å². The Morgan fingerprint density at radius 3 is 2.66 bits per heavy atom. The van der Waals surface area contributed by atoms with Crippen molar-refractivity contribution in [3.63, 3.8) is 0 Å². The molecule has 0 aliphatic carbocycles. The fourth-order valence-electron chi connectivity index (χ4n) is 2.79. The van der Waals surface area contributed by atoms with Crippen LogP contribution in [0.3, 0.4) is 0 Å². The fourth-order valence-corrected chi connectivity index (χ4v) is 2.79. The molecule has 0 aliphatic rings. The molecule has 3 aromatic rings. The molecule has 0 saturated heterocycles. The standard InChI is InChI=1S/C20H18N4O5/c1-13-9-14(24(27)28)7-8-16(13)22-19(25)11-23-12-21-17(10-20(23)26)15-5-3-4-6-18(15)29-2/h3-10,12H,11H2,1-2H3,(H,22,25). The van der Waals surface area contributed by atoms with Crippen molar-refractivity contribution >= 4 is 17.3 Å². The second-order valence-corrected chi connectivity index (χ2v) is 6.25. The number of aryl methyl sites for hydroxylation is 1. The lowest BCUT2D eigenvalue weighted by Crippen LogP contribution is -2.27. The predicted octanol–water partition coefficient (Wildman–Crippen LogP) is 2.77. The van der Waals surface area contributed by atoms with Gasteiger partial charge in [-0.1, -0.05) is 12.1 Å². The van der Waals surface area contributed by atoms with Crippen LogP contribution in [-0.2, 0) is 11.3 Å². The van der Waals surface area contributed by atoms with Crippen LogP contribution in [0.15, 0.2) is 59.7 Å². The van der Waals surface area contributed by atoms with E-state index in [1.807, 2.05) is 12.1 Å². The number of para-hydroxylation sites is 1. The van der Waals surface area contributed by atoms with Gasteiger partial charge >= 0.3 is 0 Å². The van der Waals surface area contributed by atoms with Gasteiger partial charge in [-0.05, 0) is 30.7 Å². The Bertz CT molecular complexity index is 1140. The molecule has 148 valence electrons. The number of benzene rings is 2. The number of ether oxygens (including phenoxy) is 1. The van der Waals surface area contributed by atoms with E-state index < -0.39 is 16.4 Å². The van der Waals surface area contributed by atoms with Gasteiger partial charge in [-0.2, -0.15) is 0 Å². The number of non-ortho nitro benzene ring substituents is 1. The normalized spacial score (nSPS) is 10.4. The molecule has 1 N–H and O–H groups in total. The second kappa shape index (κ2) is 8.34. The average Bonchev–Trinajstić information content (AvgIpc) is 2.70. The number of carbonyl (C=O) groups is 1. The Morgan fingerprint density at radius 1 is 1.24 bits per heavy atom. The van der Waals surface area contributed by atoms with Crippen molar-refractivity contribution in [1.29, 1.82) is 0 Å². The summed E-state index contributed by atoms with van der Waals surface area (Å²) in [5, 5.41) is 13.4. The zero-order valence-corrected chi connectivity index (χ0v) is 15.8. The number of methoxy groups -OCH3 is 1. The molecule has 0 atom stereocenters. The Hall–Kier alpha value is -4.01. The van der Waals surface area contributed by atoms with E-state index in [1.54, 1.807) is 19.1 Å². The SMILES string of the molecule is COc1ccccc1-c1cc(=O)n(CC(=O)Nc2ccc([N+](=O)[O-])cc2C)cn1. The Balaban J connectivity index is 1.76. The zero-order valence-electron chi connectivity index (χ0n) is 15.8. The van der Waals surface area contributed by atoms with Gasteiger partial charge in [0.1, 0.15) is 12.3 Å². The van der Waals surface area contributed by atoms with Crippen LogP contribution in [0, 0.1) is 17.0 Å². The Morgan fingerprint density at radius 2 is 2.00 bits per heavy atom. The van der Waals surface area contributed by atoms with Crippen LogP contribution >= 0.6 is 0 Å². The third-order valence-corrected chi connectivity index (χ3v) is 4.27. The number of nitro benzene ring substituents is 1. The number of amides is 1. The van der Waals surface area contributed by atoms with Gasteiger partial charge in [0.15, 0.2) is 0 Å². The van der Waals surface area contributed by atoms with Gasteiger partial charge < -0.3 is 10.1 Å². The maximum Gasteiger partial charge on any atom is 0.269 e. The highest BCUT2D eigenvalue weighted by atomic mass is 16.6. The van der Waals surface area contributed by atoms with E-state index in [0.29, 0.717) is 28.3 Å². The molecule has 1 aromatic heterocycles. The third kappa shape index (κ3) is 4.46. The minimum absolute atomic E-state index is 0.0622. The highest BCUT2D eigenvalue weighted by Gasteiger charge is 2.13. The van der Waals surface area contributed by atoms with Crippen molar-refractivity contribution in [1.82, 2.24) is 9.55 Å². The molecule has 0 fully saturated rings. The number of nitrogens with one attached hydrogen (secondary N) is 1. The molecule has 3 rings (SSSR count). The minimum atomic E-state index is -0.507. The van der Waals surface area contributed by atoms with Crippen molar-refractivity contribution in [2.45, 2.75) is 13.5 Å². The smallest absolute Gasteiger partial charge is 0.269 e. The van der Waals surface area contributed by atoms with Gasteiger partial charge in [-0.25, -0.2) is 4.98 Å². The number of hydrogen-bond donors (Lipinski definition) is 1. The molecule has 0 spiro atoms. The van der Waals surface area contributed by atoms with E-state index in [9.17, 15) is 19.7 Å². The number of hydrogen-bond acceptors (Lipinski definition) is 6. The Labute approximate surface area is 165 Å². The molecule has 2 aromatic carbocycles. The maximum absolute atomic E-state index is 12.4. The van der Waals surface area contributed by atoms with Crippen LogP contribution in [0.4, 0.5) is 11.4 Å². The molecule has 1 amide bonds. The monoisotopic (exact) mass is 394 g/mol. The van der Waals surface area contributed by atoms with Gasteiger partial charge in [0.25, 0.3) is 11.2 Å². The number of nitro groups is 1. The first-order valence-electron chi connectivity index (χ1n) is 8.64. The van der Waals surface area contributed by atoms with E-state index in [-0.39, 0.29) is 12.2 Å². The minimum Gasteiger partial charge on any atom is -0.496 e. The summed E-state index contributed by atoms with van der Waals surface area (Å²) >= 11 is 0. The fraction of sp³-hybridized carbons (Fsp3) is 0.150. The largest absolute Gasteiger partial charge is 0.496 e. The second-order valence-electron chi connectivity index (χ2n) is 6.25. The number of anilines is 1. The maximum atomic E-state index is 12.4. The van der Waals surface area contributed by atoms with Crippen LogP contribution in [0.2, 0.25) is 0 Å². The molecular formula is C20H18N4O5. The molecule has 1 heterocycles. The summed E-state index contributed by atoms with van der Waals surface area (Å²) in [6.45, 7) is 1.41. The molecule has 0 radical (unpaired) electrons. The van der Waals surface area contributed by atoms with Crippen molar-refractivity contribution < 1.29 is 14.5 Å². The third-order valence-electron chi connectivity index (χ3n) is 4.27. The molecule has 0 saturated carbocycles. The summed E-state index contributed by atoms with van der Waals surface area (Å²) < 4.78 is 6.46. The van der Waals surface area contributed by atoms with Crippen molar-refractivity contribution in [3.8, 4) is 17.0 Å². The van der Waals surface area contributed by atoms with Gasteiger partial charge in [0, 0.05) is 29.4 Å². The number of rotatable bonds is 6. The molecule has 9 heteroatoms. The number of nitrogens with zero attached hydrogens (tertiary/aromatic N) is 3. The van der Waals surface area contributed by atoms with E-state index in [0.717, 1.165) is 0 Å². The van der Waals surface area contributed by atoms with Crippen LogP contribution < -0.4 is 15.6 Å². The lowest BCUT2D eigenvalue weighted by Gasteiger charge is -2.11. The molecule has 29 heavy (non-hydrogen) atoms. The van der Waals surface area contributed by atoms with Gasteiger partial charge in [-0.3, -0.25) is 24.3 Å². The summed E-state index contributed by atoms with van der Waals surface area (Å²) in [6, 6.07) is 12.6. The van der Waals surface area contributed by atoms with Crippen LogP contribution in [0.25, 0.3) is 11.3 Å². The molecule has 9 nitrogen and oxygen atoms in total. The van der Waals surface area contributed by atoms with E-state index in [1.165, 1.54) is 42.3 Å². The van der Waals surface area contributed by atoms with Crippen molar-refractivity contribution in [3.05, 3.63) is 80.9 Å². The first kappa shape index (κ1) is 19.7. The lowest BCUT2D eigenvalue weighted by molar-refractivity contribution is -0.384. The van der Waals surface area contributed by atoms with E-state index in [2.05, 4.69) is 10.3 Å². The van der Waals surface area contributed by atoms with Gasteiger partial charge in [0.05, 0.1) is 24.1 Å². The molecular weight excluding hydrogens is 376 g/mol. The summed E-state index contributed by atoms with van der Waals surface area (Å²) in [7, 11) is 1.53. The summed E-state index contributed by atoms with van der Waals surface area (Å²) in [5.74, 6) is 0.138. The summed E-state index contributed by atoms with van der Waals surface area (Å²) in [5.41, 5.74) is 1.64. The van der Waals surface area contributed by atoms with Gasteiger partial charge in [0.2, 0.25) is 5.91 Å². The topological polar surface area (TPSA) is 116 Å². The molecule has 0 bridgehead atoms. The van der Waals surface area contributed by atoms with Crippen LogP contribution in [0.5, 0.6) is 5.75 Å². The number of aromatic nitrogens is 2. The Kier molecular flexibility index (Phi) is 5.68. The van der Waals surface area contributed by atoms with Crippen molar-refractivity contribution in [2.24, 2.45) is 0 Å². The molecule has 0 unspecified atom stereocenters. The lowest BCUT2D eigenvalue weighted by atomic mass is 10.1. The van der Waals surface area contributed by atoms with Crippen LogP contribution in [0.1, 0.15) is 5.56 Å². The zero-order chi connectivity index (χ0) is 21.0. The summed E-state index contributed by atoms with van der Waals surface area (Å²) in [6.07, 6.45) is 1.30. The quantitative estimate of drug-likeness (QED) is 0.508. The predicted molar refractivity (Wildman–Crippen MR) is 107 cm³/mol.